The second kappa shape index (κ2) is 5.13. The quantitative estimate of drug-likeness (QED) is 0.652. The van der Waals surface area contributed by atoms with E-state index in [-0.39, 0.29) is 12.2 Å². The third kappa shape index (κ3) is 7.53. The van der Waals surface area contributed by atoms with Gasteiger partial charge in [-0.05, 0) is 6.42 Å². The predicted molar refractivity (Wildman–Crippen MR) is 36.8 cm³/mol. The highest BCUT2D eigenvalue weighted by molar-refractivity contribution is 5.79. The molecule has 0 aromatic heterocycles. The Morgan fingerprint density at radius 1 is 1.42 bits per heavy atom. The maximum atomic E-state index is 11.5. The summed E-state index contributed by atoms with van der Waals surface area (Å²) >= 11 is 0. The lowest BCUT2D eigenvalue weighted by molar-refractivity contribution is -0.175. The van der Waals surface area contributed by atoms with Gasteiger partial charge in [-0.15, -0.1) is 0 Å². The molecule has 0 rings (SSSR count). The first-order valence-electron chi connectivity index (χ1n) is 3.62. The number of rotatable bonds is 5. The smallest absolute Gasteiger partial charge is 0.364 e. The number of halogens is 3. The van der Waals surface area contributed by atoms with Crippen molar-refractivity contribution in [3.8, 4) is 0 Å². The summed E-state index contributed by atoms with van der Waals surface area (Å²) in [4.78, 5) is 10.6. The van der Waals surface area contributed by atoms with Crippen LogP contribution in [0, 0.1) is 0 Å². The summed E-state index contributed by atoms with van der Waals surface area (Å²) in [5.41, 5.74) is 0. The topological polar surface area (TPSA) is 26.3 Å². The van der Waals surface area contributed by atoms with Gasteiger partial charge in [-0.2, -0.15) is 13.2 Å². The molecule has 0 N–H and O–H groups in total. The van der Waals surface area contributed by atoms with Crippen molar-refractivity contribution in [2.75, 3.05) is 13.2 Å². The summed E-state index contributed by atoms with van der Waals surface area (Å²) in [7, 11) is 0. The van der Waals surface area contributed by atoms with Crippen molar-refractivity contribution in [3.63, 3.8) is 0 Å². The second-order valence-corrected chi connectivity index (χ2v) is 2.40. The Morgan fingerprint density at radius 3 is 2.42 bits per heavy atom. The Bertz CT molecular complexity index is 142. The Morgan fingerprint density at radius 2 is 2.00 bits per heavy atom. The molecule has 0 saturated carbocycles. The van der Waals surface area contributed by atoms with Crippen molar-refractivity contribution in [2.24, 2.45) is 0 Å². The molecule has 0 unspecified atom stereocenters. The zero-order valence-electron chi connectivity index (χ0n) is 6.78. The van der Waals surface area contributed by atoms with Crippen LogP contribution < -0.4 is 0 Å². The van der Waals surface area contributed by atoms with Crippen LogP contribution in [-0.4, -0.2) is 25.2 Å². The third-order valence-corrected chi connectivity index (χ3v) is 1.06. The highest BCUT2D eigenvalue weighted by Crippen LogP contribution is 2.14. The average molecular weight is 184 g/mol. The molecule has 2 nitrogen and oxygen atoms in total. The molecule has 0 aliphatic rings. The fourth-order valence-electron chi connectivity index (χ4n) is 0.632. The summed E-state index contributed by atoms with van der Waals surface area (Å²) in [5.74, 6) is -0.290. The van der Waals surface area contributed by atoms with Crippen LogP contribution in [-0.2, 0) is 9.53 Å². The van der Waals surface area contributed by atoms with E-state index in [1.54, 1.807) is 6.92 Å². The lowest BCUT2D eigenvalue weighted by Gasteiger charge is -2.05. The normalized spacial score (nSPS) is 11.7. The van der Waals surface area contributed by atoms with Gasteiger partial charge in [0, 0.05) is 6.42 Å². The van der Waals surface area contributed by atoms with Gasteiger partial charge in [0.2, 0.25) is 0 Å². The van der Waals surface area contributed by atoms with Crippen molar-refractivity contribution in [3.05, 3.63) is 0 Å². The number of carbonyl (C=O) groups excluding carboxylic acids is 1. The van der Waals surface area contributed by atoms with E-state index >= 15 is 0 Å². The summed E-state index contributed by atoms with van der Waals surface area (Å²) in [6, 6.07) is 0. The van der Waals surface area contributed by atoms with Crippen molar-refractivity contribution in [1.29, 1.82) is 0 Å². The summed E-state index contributed by atoms with van der Waals surface area (Å²) in [6.07, 6.45) is -3.43. The number of ether oxygens (including phenoxy) is 1. The molecule has 0 aromatic carbocycles. The molecule has 0 radical (unpaired) electrons. The van der Waals surface area contributed by atoms with Gasteiger partial charge in [-0.3, -0.25) is 4.79 Å². The molecular formula is C7H11F3O2. The van der Waals surface area contributed by atoms with Crippen molar-refractivity contribution in [1.82, 2.24) is 0 Å². The first-order valence-corrected chi connectivity index (χ1v) is 3.62. The fourth-order valence-corrected chi connectivity index (χ4v) is 0.632. The number of carbonyl (C=O) groups is 1. The molecule has 0 aliphatic heterocycles. The largest absolute Gasteiger partial charge is 0.411 e. The van der Waals surface area contributed by atoms with Gasteiger partial charge in [0.05, 0.1) is 0 Å². The minimum Gasteiger partial charge on any atom is -0.364 e. The minimum absolute atomic E-state index is 0.276. The van der Waals surface area contributed by atoms with Crippen LogP contribution in [0.25, 0.3) is 0 Å². The molecule has 5 heteroatoms. The Hall–Kier alpha value is -0.580. The molecule has 0 aliphatic carbocycles. The van der Waals surface area contributed by atoms with Gasteiger partial charge in [0.25, 0.3) is 0 Å². The molecule has 0 spiro atoms. The van der Waals surface area contributed by atoms with E-state index in [9.17, 15) is 18.0 Å². The maximum Gasteiger partial charge on any atom is 0.411 e. The van der Waals surface area contributed by atoms with E-state index in [0.717, 1.165) is 0 Å². The molecule has 0 bridgehead atoms. The molecule has 0 saturated heterocycles. The van der Waals surface area contributed by atoms with Gasteiger partial charge in [0.15, 0.2) is 5.78 Å². The number of hydrogen-bond acceptors (Lipinski definition) is 2. The lowest BCUT2D eigenvalue weighted by atomic mass is 10.2. The lowest BCUT2D eigenvalue weighted by Crippen LogP contribution is -2.20. The van der Waals surface area contributed by atoms with Crippen LogP contribution in [0.1, 0.15) is 19.8 Å². The van der Waals surface area contributed by atoms with E-state index in [2.05, 4.69) is 4.74 Å². The molecule has 0 fully saturated rings. The number of alkyl halides is 3. The number of Topliss-reactive ketones (excluding diaryl/α,β-unsaturated/α-hetero) is 1. The highest BCUT2D eigenvalue weighted by Gasteiger charge is 2.27. The molecular weight excluding hydrogens is 173 g/mol. The first kappa shape index (κ1) is 11.4. The van der Waals surface area contributed by atoms with Crippen LogP contribution in [0.3, 0.4) is 0 Å². The Kier molecular flexibility index (Phi) is 4.89. The fraction of sp³-hybridized carbons (Fsp3) is 0.857. The number of ketones is 1. The van der Waals surface area contributed by atoms with Crippen molar-refractivity contribution < 1.29 is 22.7 Å². The third-order valence-electron chi connectivity index (χ3n) is 1.06. The van der Waals surface area contributed by atoms with Gasteiger partial charge in [0.1, 0.15) is 13.2 Å². The zero-order valence-corrected chi connectivity index (χ0v) is 6.78. The average Bonchev–Trinajstić information content (AvgIpc) is 1.84. The van der Waals surface area contributed by atoms with Gasteiger partial charge in [-0.25, -0.2) is 0 Å². The van der Waals surface area contributed by atoms with E-state index < -0.39 is 19.4 Å². The summed E-state index contributed by atoms with van der Waals surface area (Å²) < 4.78 is 38.5. The molecule has 72 valence electrons. The summed E-state index contributed by atoms with van der Waals surface area (Å²) in [5, 5.41) is 0. The van der Waals surface area contributed by atoms with Gasteiger partial charge in [-0.1, -0.05) is 6.92 Å². The van der Waals surface area contributed by atoms with E-state index in [4.69, 9.17) is 0 Å². The van der Waals surface area contributed by atoms with E-state index in [1.165, 1.54) is 0 Å². The van der Waals surface area contributed by atoms with Crippen molar-refractivity contribution in [2.45, 2.75) is 25.9 Å². The first-order chi connectivity index (χ1) is 5.45. The van der Waals surface area contributed by atoms with E-state index in [1.807, 2.05) is 0 Å². The molecule has 12 heavy (non-hydrogen) atoms. The molecule has 0 heterocycles. The highest BCUT2D eigenvalue weighted by atomic mass is 19.4. The Labute approximate surface area is 68.7 Å². The molecule has 0 aromatic rings. The molecule has 0 atom stereocenters. The SMILES string of the molecule is CCCC(=O)COCC(F)(F)F. The number of hydrogen-bond donors (Lipinski definition) is 0. The monoisotopic (exact) mass is 184 g/mol. The van der Waals surface area contributed by atoms with Gasteiger partial charge < -0.3 is 4.74 Å². The van der Waals surface area contributed by atoms with Crippen LogP contribution >= 0.6 is 0 Å². The van der Waals surface area contributed by atoms with Crippen LogP contribution in [0.2, 0.25) is 0 Å². The van der Waals surface area contributed by atoms with Gasteiger partial charge >= 0.3 is 6.18 Å². The van der Waals surface area contributed by atoms with Crippen LogP contribution in [0.5, 0.6) is 0 Å². The van der Waals surface area contributed by atoms with Crippen molar-refractivity contribution >= 4 is 5.78 Å². The zero-order chi connectivity index (χ0) is 9.61. The Balaban J connectivity index is 3.37. The standard InChI is InChI=1S/C7H11F3O2/c1-2-3-6(11)4-12-5-7(8,9)10/h2-5H2,1H3. The summed E-state index contributed by atoms with van der Waals surface area (Å²) in [6.45, 7) is -0.00252. The minimum atomic E-state index is -4.34. The van der Waals surface area contributed by atoms with E-state index in [0.29, 0.717) is 6.42 Å². The maximum absolute atomic E-state index is 11.5. The predicted octanol–water partition coefficient (Wildman–Crippen LogP) is 1.93. The molecule has 0 amide bonds. The van der Waals surface area contributed by atoms with Crippen LogP contribution in [0.15, 0.2) is 0 Å². The van der Waals surface area contributed by atoms with Crippen LogP contribution in [0.4, 0.5) is 13.2 Å². The second-order valence-electron chi connectivity index (χ2n) is 2.40.